The van der Waals surface area contributed by atoms with Crippen LogP contribution in [0.2, 0.25) is 0 Å². The molecule has 3 aliphatic rings. The molecule has 57 heavy (non-hydrogen) atoms. The van der Waals surface area contributed by atoms with E-state index in [9.17, 15) is 36.4 Å². The predicted octanol–water partition coefficient (Wildman–Crippen LogP) is 5.82. The molecule has 1 unspecified atom stereocenters. The van der Waals surface area contributed by atoms with Crippen molar-refractivity contribution < 1.29 is 41.1 Å². The highest BCUT2D eigenvalue weighted by atomic mass is 32.2. The first-order valence-corrected chi connectivity index (χ1v) is 21.6. The van der Waals surface area contributed by atoms with Gasteiger partial charge in [0.1, 0.15) is 35.4 Å². The minimum atomic E-state index is -4.06. The number of halogens is 2. The molecule has 0 bridgehead atoms. The second-order valence-corrected chi connectivity index (χ2v) is 18.6. The van der Waals surface area contributed by atoms with Gasteiger partial charge in [0.25, 0.3) is 11.8 Å². The molecule has 2 aromatic carbocycles. The molecule has 2 aliphatic heterocycles. The minimum absolute atomic E-state index is 0.0418. The SMILES string of the molecule is CCC(C)S(=O)(=O)NC(=O)[C@@]12C[C@H]1/C=C\CCCCC[C@H](NC(=O)c1ccc(C)s1)C(=O)N1C[C@H](Oc3nc4cc(F)ccc4c4cc(F)ccc34)C[C@H]1C(=O)N2. The lowest BCUT2D eigenvalue weighted by Crippen LogP contribution is -2.58. The third-order valence-electron chi connectivity index (χ3n) is 11.2. The third-order valence-corrected chi connectivity index (χ3v) is 14.1. The van der Waals surface area contributed by atoms with E-state index in [2.05, 4.69) is 20.3 Å². The van der Waals surface area contributed by atoms with E-state index < -0.39 is 80.2 Å². The maximum atomic E-state index is 14.7. The smallest absolute Gasteiger partial charge is 0.262 e. The zero-order chi connectivity index (χ0) is 40.6. The van der Waals surface area contributed by atoms with Crippen molar-refractivity contribution in [3.8, 4) is 5.88 Å². The summed E-state index contributed by atoms with van der Waals surface area (Å²) in [6.07, 6.45) is 6.28. The zero-order valence-electron chi connectivity index (χ0n) is 31.8. The lowest BCUT2D eigenvalue weighted by atomic mass is 10.0. The lowest BCUT2D eigenvalue weighted by molar-refractivity contribution is -0.141. The number of rotatable bonds is 8. The quantitative estimate of drug-likeness (QED) is 0.148. The Morgan fingerprint density at radius 3 is 2.54 bits per heavy atom. The summed E-state index contributed by atoms with van der Waals surface area (Å²) in [5.74, 6) is -4.04. The number of aryl methyl sites for hydroxylation is 1. The molecule has 2 aromatic heterocycles. The first-order valence-electron chi connectivity index (χ1n) is 19.3. The van der Waals surface area contributed by atoms with Gasteiger partial charge in [-0.05, 0) is 93.8 Å². The molecule has 16 heteroatoms. The first kappa shape index (κ1) is 40.2. The maximum Gasteiger partial charge on any atom is 0.262 e. The zero-order valence-corrected chi connectivity index (χ0v) is 33.5. The highest BCUT2D eigenvalue weighted by Gasteiger charge is 2.61. The van der Waals surface area contributed by atoms with E-state index in [1.807, 2.05) is 25.1 Å². The molecule has 1 aliphatic carbocycles. The first-order chi connectivity index (χ1) is 27.2. The maximum absolute atomic E-state index is 14.7. The molecule has 3 N–H and O–H groups in total. The number of thiophene rings is 1. The predicted molar refractivity (Wildman–Crippen MR) is 212 cm³/mol. The fourth-order valence-electron chi connectivity index (χ4n) is 7.66. The molecule has 4 aromatic rings. The highest BCUT2D eigenvalue weighted by molar-refractivity contribution is 7.90. The summed E-state index contributed by atoms with van der Waals surface area (Å²) in [5, 5.41) is 6.24. The van der Waals surface area contributed by atoms with Crippen molar-refractivity contribution in [3.63, 3.8) is 0 Å². The molecular weight excluding hydrogens is 777 g/mol. The van der Waals surface area contributed by atoms with Gasteiger partial charge in [0.15, 0.2) is 0 Å². The van der Waals surface area contributed by atoms with Crippen LogP contribution in [0.5, 0.6) is 5.88 Å². The van der Waals surface area contributed by atoms with Gasteiger partial charge in [-0.1, -0.05) is 31.9 Å². The molecule has 1 saturated heterocycles. The summed E-state index contributed by atoms with van der Waals surface area (Å²) >= 11 is 1.29. The molecule has 1 saturated carbocycles. The number of carbonyl (C=O) groups excluding carboxylic acids is 4. The van der Waals surface area contributed by atoms with Crippen LogP contribution in [0.1, 0.15) is 79.8 Å². The molecule has 4 heterocycles. The molecule has 12 nitrogen and oxygen atoms in total. The number of hydrogen-bond donors (Lipinski definition) is 3. The Kier molecular flexibility index (Phi) is 11.4. The molecule has 0 spiro atoms. The molecule has 7 rings (SSSR count). The van der Waals surface area contributed by atoms with E-state index in [1.54, 1.807) is 13.0 Å². The largest absolute Gasteiger partial charge is 0.472 e. The number of nitrogens with zero attached hydrogens (tertiary/aromatic N) is 2. The molecular formula is C41H45F2N5O7S2. The van der Waals surface area contributed by atoms with E-state index in [-0.39, 0.29) is 37.2 Å². The van der Waals surface area contributed by atoms with Gasteiger partial charge < -0.3 is 20.3 Å². The number of carbonyl (C=O) groups is 4. The Hall–Kier alpha value is -4.96. The van der Waals surface area contributed by atoms with Crippen LogP contribution in [-0.2, 0) is 24.4 Å². The van der Waals surface area contributed by atoms with Crippen LogP contribution in [0.15, 0.2) is 60.7 Å². The third kappa shape index (κ3) is 8.38. The van der Waals surface area contributed by atoms with Crippen molar-refractivity contribution in [3.05, 3.63) is 82.1 Å². The molecule has 0 radical (unpaired) electrons. The topological polar surface area (TPSA) is 164 Å². The van der Waals surface area contributed by atoms with Gasteiger partial charge in [-0.3, -0.25) is 23.9 Å². The molecule has 4 amide bonds. The van der Waals surface area contributed by atoms with Crippen LogP contribution < -0.4 is 20.1 Å². The van der Waals surface area contributed by atoms with Crippen molar-refractivity contribution in [2.24, 2.45) is 5.92 Å². The molecule has 6 atom stereocenters. The Labute approximate surface area is 333 Å². The van der Waals surface area contributed by atoms with E-state index in [4.69, 9.17) is 4.74 Å². The second kappa shape index (κ2) is 16.1. The van der Waals surface area contributed by atoms with E-state index in [0.717, 1.165) is 17.7 Å². The number of aromatic nitrogens is 1. The molecule has 2 fully saturated rings. The van der Waals surface area contributed by atoms with Gasteiger partial charge in [-0.25, -0.2) is 22.2 Å². The fourth-order valence-corrected chi connectivity index (χ4v) is 9.51. The van der Waals surface area contributed by atoms with E-state index in [0.29, 0.717) is 40.3 Å². The Balaban J connectivity index is 1.24. The summed E-state index contributed by atoms with van der Waals surface area (Å²) < 4.78 is 63.6. The Morgan fingerprint density at radius 2 is 1.81 bits per heavy atom. The monoisotopic (exact) mass is 821 g/mol. The van der Waals surface area contributed by atoms with Gasteiger partial charge in [0, 0.05) is 34.1 Å². The average Bonchev–Trinajstić information content (AvgIpc) is 3.44. The van der Waals surface area contributed by atoms with Gasteiger partial charge in [0.05, 0.1) is 22.2 Å². The highest BCUT2D eigenvalue weighted by Crippen LogP contribution is 2.46. The summed E-state index contributed by atoms with van der Waals surface area (Å²) in [6, 6.07) is 9.29. The summed E-state index contributed by atoms with van der Waals surface area (Å²) in [7, 11) is -4.06. The summed E-state index contributed by atoms with van der Waals surface area (Å²) in [4.78, 5) is 63.7. The van der Waals surface area contributed by atoms with Crippen molar-refractivity contribution in [1.29, 1.82) is 0 Å². The number of hydrogen-bond acceptors (Lipinski definition) is 9. The second-order valence-electron chi connectivity index (χ2n) is 15.2. The van der Waals surface area contributed by atoms with Crippen molar-refractivity contribution in [2.45, 2.75) is 101 Å². The number of pyridine rings is 1. The summed E-state index contributed by atoms with van der Waals surface area (Å²) in [5.41, 5.74) is -1.37. The van der Waals surface area contributed by atoms with Crippen LogP contribution >= 0.6 is 11.3 Å². The summed E-state index contributed by atoms with van der Waals surface area (Å²) in [6.45, 7) is 4.92. The van der Waals surface area contributed by atoms with Gasteiger partial charge in [-0.2, -0.15) is 0 Å². The van der Waals surface area contributed by atoms with Crippen molar-refractivity contribution in [2.75, 3.05) is 6.54 Å². The van der Waals surface area contributed by atoms with E-state index >= 15 is 0 Å². The number of benzene rings is 2. The number of allylic oxidation sites excluding steroid dienone is 1. The number of fused-ring (bicyclic) bond motifs is 5. The van der Waals surface area contributed by atoms with Crippen molar-refractivity contribution in [1.82, 2.24) is 25.2 Å². The normalized spacial score (nSPS) is 25.4. The fraction of sp³-hybridized carbons (Fsp3) is 0.439. The van der Waals surface area contributed by atoms with Crippen LogP contribution in [-0.4, -0.2) is 77.5 Å². The van der Waals surface area contributed by atoms with Crippen molar-refractivity contribution >= 4 is 66.7 Å². The minimum Gasteiger partial charge on any atom is -0.472 e. The van der Waals surface area contributed by atoms with Crippen LogP contribution in [0.3, 0.4) is 0 Å². The number of nitrogens with one attached hydrogen (secondary N) is 3. The van der Waals surface area contributed by atoms with Crippen LogP contribution in [0, 0.1) is 24.5 Å². The molecule has 302 valence electrons. The van der Waals surface area contributed by atoms with Crippen LogP contribution in [0.4, 0.5) is 8.78 Å². The lowest BCUT2D eigenvalue weighted by Gasteiger charge is -2.30. The van der Waals surface area contributed by atoms with E-state index in [1.165, 1.54) is 59.6 Å². The average molecular weight is 822 g/mol. The standard InChI is InChI=1S/C41H45F2N5O7S2/c1-4-24(3)57(53,54)47-40(52)41-21-25(41)10-8-6-5-7-9-11-32(44-37(50)35-17-12-23(2)56-35)39(51)48-22-28(20-34(48)36(49)46-41)55-38-30-16-14-26(42)18-31(30)29-15-13-27(43)19-33(29)45-38/h8,10,12-19,24-25,28,32,34H,4-7,9,11,20-22H2,1-3H3,(H,44,50)(H,46,49)(H,47,52)/b10-8-/t24?,25-,28-,32+,34+,41-/m1/s1. The van der Waals surface area contributed by atoms with Crippen LogP contribution in [0.25, 0.3) is 21.7 Å². The van der Waals surface area contributed by atoms with Gasteiger partial charge >= 0.3 is 0 Å². The number of sulfonamides is 1. The Bertz CT molecular complexity index is 2390. The van der Waals surface area contributed by atoms with Gasteiger partial charge in [-0.15, -0.1) is 11.3 Å². The number of ether oxygens (including phenoxy) is 1. The number of amides is 4. The Morgan fingerprint density at radius 1 is 1.05 bits per heavy atom. The van der Waals surface area contributed by atoms with Gasteiger partial charge in [0.2, 0.25) is 27.7 Å².